The maximum atomic E-state index is 11.0. The molecule has 0 saturated carbocycles. The van der Waals surface area contributed by atoms with Gasteiger partial charge in [0, 0.05) is 0 Å². The second kappa shape index (κ2) is 7.27. The van der Waals surface area contributed by atoms with Crippen molar-refractivity contribution in [2.75, 3.05) is 19.8 Å². The van der Waals surface area contributed by atoms with E-state index in [1.807, 2.05) is 18.2 Å². The number of esters is 1. The Bertz CT molecular complexity index is 352. The highest BCUT2D eigenvalue weighted by molar-refractivity contribution is 5.89. The quantitative estimate of drug-likeness (QED) is 0.737. The summed E-state index contributed by atoms with van der Waals surface area (Å²) in [6, 6.07) is 8.96. The average Bonchev–Trinajstić information content (AvgIpc) is 2.83. The van der Waals surface area contributed by atoms with Crippen LogP contribution in [0.1, 0.15) is 17.3 Å². The van der Waals surface area contributed by atoms with Crippen molar-refractivity contribution in [2.45, 2.75) is 6.92 Å². The third-order valence-corrected chi connectivity index (χ3v) is 1.81. The molecule has 1 heterocycles. The predicted octanol–water partition coefficient (Wildman–Crippen LogP) is 2.02. The molecule has 0 amide bonds. The fraction of sp³-hybridized carbons (Fsp3) is 0.333. The van der Waals surface area contributed by atoms with Gasteiger partial charge >= 0.3 is 12.1 Å². The second-order valence-electron chi connectivity index (χ2n) is 3.03. The number of carbonyl (C=O) groups excluding carboxylic acids is 2. The van der Waals surface area contributed by atoms with E-state index in [-0.39, 0.29) is 5.97 Å². The van der Waals surface area contributed by atoms with E-state index in [1.165, 1.54) is 0 Å². The number of ether oxygens (including phenoxy) is 3. The molecule has 1 fully saturated rings. The van der Waals surface area contributed by atoms with E-state index in [2.05, 4.69) is 9.47 Å². The molecule has 0 spiro atoms. The molecule has 92 valence electrons. The van der Waals surface area contributed by atoms with Gasteiger partial charge in [0.2, 0.25) is 0 Å². The lowest BCUT2D eigenvalue weighted by Gasteiger charge is -1.99. The summed E-state index contributed by atoms with van der Waals surface area (Å²) in [7, 11) is 0. The van der Waals surface area contributed by atoms with Gasteiger partial charge in [0.05, 0.1) is 12.2 Å². The van der Waals surface area contributed by atoms with Gasteiger partial charge < -0.3 is 14.2 Å². The molecule has 0 radical (unpaired) electrons. The van der Waals surface area contributed by atoms with Crippen LogP contribution in [0, 0.1) is 0 Å². The predicted molar refractivity (Wildman–Crippen MR) is 59.7 cm³/mol. The van der Waals surface area contributed by atoms with Crippen LogP contribution in [-0.2, 0) is 14.2 Å². The third kappa shape index (κ3) is 5.01. The first-order chi connectivity index (χ1) is 8.24. The number of hydrogen-bond acceptors (Lipinski definition) is 5. The molecular weight excluding hydrogens is 224 g/mol. The fourth-order valence-corrected chi connectivity index (χ4v) is 1.08. The maximum absolute atomic E-state index is 11.0. The summed E-state index contributed by atoms with van der Waals surface area (Å²) < 4.78 is 13.4. The van der Waals surface area contributed by atoms with Gasteiger partial charge in [0.15, 0.2) is 0 Å². The monoisotopic (exact) mass is 238 g/mol. The number of hydrogen-bond donors (Lipinski definition) is 0. The molecule has 1 saturated heterocycles. The zero-order chi connectivity index (χ0) is 12.5. The Labute approximate surface area is 99.3 Å². The zero-order valence-electron chi connectivity index (χ0n) is 9.55. The van der Waals surface area contributed by atoms with Crippen LogP contribution < -0.4 is 0 Å². The van der Waals surface area contributed by atoms with Gasteiger partial charge in [0.1, 0.15) is 13.2 Å². The lowest BCUT2D eigenvalue weighted by atomic mass is 10.2. The van der Waals surface area contributed by atoms with E-state index < -0.39 is 6.16 Å². The molecule has 0 atom stereocenters. The molecule has 0 aromatic heterocycles. The summed E-state index contributed by atoms with van der Waals surface area (Å²) in [4.78, 5) is 20.8. The van der Waals surface area contributed by atoms with Crippen LogP contribution in [0.2, 0.25) is 0 Å². The Kier molecular flexibility index (Phi) is 5.57. The lowest BCUT2D eigenvalue weighted by molar-refractivity contribution is 0.0526. The first-order valence-electron chi connectivity index (χ1n) is 5.25. The average molecular weight is 238 g/mol. The molecule has 0 N–H and O–H groups in total. The summed E-state index contributed by atoms with van der Waals surface area (Å²) in [5, 5.41) is 0. The number of carbonyl (C=O) groups is 2. The molecule has 1 aliphatic heterocycles. The highest BCUT2D eigenvalue weighted by atomic mass is 16.8. The Morgan fingerprint density at radius 2 is 1.82 bits per heavy atom. The molecule has 0 aliphatic carbocycles. The van der Waals surface area contributed by atoms with Crippen LogP contribution in [0.4, 0.5) is 4.79 Å². The summed E-state index contributed by atoms with van der Waals surface area (Å²) in [5.41, 5.74) is 0.606. The molecule has 1 aromatic carbocycles. The van der Waals surface area contributed by atoms with Crippen LogP contribution in [-0.4, -0.2) is 31.9 Å². The summed E-state index contributed by atoms with van der Waals surface area (Å²) in [5.74, 6) is -0.256. The number of benzene rings is 1. The van der Waals surface area contributed by atoms with E-state index in [0.717, 1.165) is 0 Å². The van der Waals surface area contributed by atoms with Gasteiger partial charge in [-0.3, -0.25) is 0 Å². The van der Waals surface area contributed by atoms with Crippen molar-refractivity contribution >= 4 is 12.1 Å². The van der Waals surface area contributed by atoms with E-state index >= 15 is 0 Å². The minimum absolute atomic E-state index is 0.256. The normalized spacial score (nSPS) is 12.9. The molecule has 5 heteroatoms. The van der Waals surface area contributed by atoms with Crippen molar-refractivity contribution in [1.29, 1.82) is 0 Å². The molecule has 5 nitrogen and oxygen atoms in total. The maximum Gasteiger partial charge on any atom is 0.508 e. The van der Waals surface area contributed by atoms with Crippen molar-refractivity contribution in [3.05, 3.63) is 35.9 Å². The van der Waals surface area contributed by atoms with Crippen molar-refractivity contribution < 1.29 is 23.8 Å². The van der Waals surface area contributed by atoms with Gasteiger partial charge in [-0.2, -0.15) is 0 Å². The SMILES string of the molecule is CCOC(=O)c1ccccc1.O=C1OCCO1. The van der Waals surface area contributed by atoms with E-state index in [9.17, 15) is 9.59 Å². The van der Waals surface area contributed by atoms with Crippen molar-refractivity contribution in [1.82, 2.24) is 0 Å². The lowest BCUT2D eigenvalue weighted by Crippen LogP contribution is -2.03. The van der Waals surface area contributed by atoms with Gasteiger partial charge in [-0.1, -0.05) is 18.2 Å². The molecule has 1 aromatic rings. The Hall–Kier alpha value is -2.04. The molecule has 0 bridgehead atoms. The standard InChI is InChI=1S/C9H10O2.C3H4O3/c1-2-11-9(10)8-6-4-3-5-7-8;4-3-5-1-2-6-3/h3-7H,2H2,1H3;1-2H2. The highest BCUT2D eigenvalue weighted by Gasteiger charge is 2.09. The minimum Gasteiger partial charge on any atom is -0.462 e. The Morgan fingerprint density at radius 1 is 1.24 bits per heavy atom. The molecular formula is C12H14O5. The van der Waals surface area contributed by atoms with Gasteiger partial charge in [0.25, 0.3) is 0 Å². The third-order valence-electron chi connectivity index (χ3n) is 1.81. The van der Waals surface area contributed by atoms with E-state index in [4.69, 9.17) is 4.74 Å². The summed E-state index contributed by atoms with van der Waals surface area (Å²) >= 11 is 0. The van der Waals surface area contributed by atoms with E-state index in [1.54, 1.807) is 19.1 Å². The number of rotatable bonds is 2. The van der Waals surface area contributed by atoms with Crippen molar-refractivity contribution in [2.24, 2.45) is 0 Å². The van der Waals surface area contributed by atoms with Crippen LogP contribution in [0.25, 0.3) is 0 Å². The van der Waals surface area contributed by atoms with Gasteiger partial charge in [-0.25, -0.2) is 9.59 Å². The summed E-state index contributed by atoms with van der Waals surface area (Å²) in [6.45, 7) is 3.05. The highest BCUT2D eigenvalue weighted by Crippen LogP contribution is 1.99. The fourth-order valence-electron chi connectivity index (χ4n) is 1.08. The van der Waals surface area contributed by atoms with Crippen LogP contribution in [0.15, 0.2) is 30.3 Å². The molecule has 0 unspecified atom stereocenters. The first kappa shape index (κ1) is 13.0. The largest absolute Gasteiger partial charge is 0.508 e. The number of cyclic esters (lactones) is 2. The van der Waals surface area contributed by atoms with Gasteiger partial charge in [-0.05, 0) is 19.1 Å². The summed E-state index contributed by atoms with van der Waals surface area (Å²) in [6.07, 6.45) is -0.546. The molecule has 2 rings (SSSR count). The molecule has 1 aliphatic rings. The van der Waals surface area contributed by atoms with Crippen molar-refractivity contribution in [3.63, 3.8) is 0 Å². The Balaban J connectivity index is 0.000000202. The zero-order valence-corrected chi connectivity index (χ0v) is 9.55. The first-order valence-corrected chi connectivity index (χ1v) is 5.25. The van der Waals surface area contributed by atoms with Crippen LogP contribution in [0.3, 0.4) is 0 Å². The smallest absolute Gasteiger partial charge is 0.462 e. The van der Waals surface area contributed by atoms with Crippen LogP contribution >= 0.6 is 0 Å². The topological polar surface area (TPSA) is 61.8 Å². The van der Waals surface area contributed by atoms with Crippen molar-refractivity contribution in [3.8, 4) is 0 Å². The van der Waals surface area contributed by atoms with E-state index in [0.29, 0.717) is 25.4 Å². The minimum atomic E-state index is -0.546. The second-order valence-corrected chi connectivity index (χ2v) is 3.03. The molecule has 17 heavy (non-hydrogen) atoms. The van der Waals surface area contributed by atoms with Crippen LogP contribution in [0.5, 0.6) is 0 Å². The Morgan fingerprint density at radius 3 is 2.24 bits per heavy atom. The van der Waals surface area contributed by atoms with Gasteiger partial charge in [-0.15, -0.1) is 0 Å².